The lowest BCUT2D eigenvalue weighted by Crippen LogP contribution is -2.26. The Morgan fingerprint density at radius 1 is 1.15 bits per heavy atom. The Morgan fingerprint density at radius 2 is 1.85 bits per heavy atom. The summed E-state index contributed by atoms with van der Waals surface area (Å²) < 4.78 is 65.9. The first-order chi connectivity index (χ1) is 24.1. The van der Waals surface area contributed by atoms with Crippen molar-refractivity contribution in [2.75, 3.05) is 26.0 Å². The van der Waals surface area contributed by atoms with Gasteiger partial charge in [-0.3, -0.25) is 14.6 Å². The molecule has 9 N–H and O–H groups in total. The van der Waals surface area contributed by atoms with Gasteiger partial charge in [-0.15, -0.1) is 0 Å². The number of nitro benzene ring substituents is 1. The van der Waals surface area contributed by atoms with Gasteiger partial charge in [-0.1, -0.05) is 32.6 Å². The molecule has 6 atom stereocenters. The fraction of sp³-hybridized carbons (Fsp3) is 0.481. The summed E-state index contributed by atoms with van der Waals surface area (Å²) >= 11 is 0. The van der Waals surface area contributed by atoms with Gasteiger partial charge < -0.3 is 54.9 Å². The number of hydrogen-bond donors (Lipinski definition) is 7. The molecular formula is C27H37N6O16P3. The van der Waals surface area contributed by atoms with Gasteiger partial charge in [-0.05, 0) is 11.5 Å². The quantitative estimate of drug-likeness (QED) is 0.0533. The second-order valence-corrected chi connectivity index (χ2v) is 16.7. The number of aliphatic hydroxyl groups is 1. The third kappa shape index (κ3) is 10.2. The fourth-order valence-corrected chi connectivity index (χ4v) is 8.40. The first-order valence-electron chi connectivity index (χ1n) is 14.9. The van der Waals surface area contributed by atoms with E-state index in [9.17, 15) is 38.7 Å². The number of ether oxygens (including phenoxy) is 3. The summed E-state index contributed by atoms with van der Waals surface area (Å²) in [6, 6.07) is 2.78. The number of phosphoric ester groups is 1. The number of methoxy groups -OCH3 is 1. The average molecular weight is 795 g/mol. The molecule has 1 saturated heterocycles. The number of aromatic nitrogens is 3. The van der Waals surface area contributed by atoms with Gasteiger partial charge in [0, 0.05) is 24.2 Å². The van der Waals surface area contributed by atoms with E-state index in [2.05, 4.69) is 35.0 Å². The first kappa shape index (κ1) is 41.4. The van der Waals surface area contributed by atoms with Gasteiger partial charge in [0.1, 0.15) is 35.9 Å². The molecule has 1 aliphatic heterocycles. The van der Waals surface area contributed by atoms with Crippen LogP contribution >= 0.6 is 23.5 Å². The van der Waals surface area contributed by atoms with Crippen LogP contribution in [0.5, 0.6) is 5.75 Å². The van der Waals surface area contributed by atoms with Crippen molar-refractivity contribution in [3.63, 3.8) is 0 Å². The van der Waals surface area contributed by atoms with Crippen LogP contribution in [0.25, 0.3) is 11.0 Å². The van der Waals surface area contributed by atoms with E-state index in [4.69, 9.17) is 35.5 Å². The predicted octanol–water partition coefficient (Wildman–Crippen LogP) is 2.54. The summed E-state index contributed by atoms with van der Waals surface area (Å²) in [5.41, 5.74) is 11.9. The minimum atomic E-state index is -5.76. The van der Waals surface area contributed by atoms with Crippen molar-refractivity contribution in [2.45, 2.75) is 58.3 Å². The van der Waals surface area contributed by atoms with Gasteiger partial charge in [0.05, 0.1) is 60.5 Å². The van der Waals surface area contributed by atoms with Crippen LogP contribution in [0.1, 0.15) is 56.2 Å². The minimum absolute atomic E-state index is 0.0282. The third-order valence-electron chi connectivity index (χ3n) is 7.39. The molecule has 2 unspecified atom stereocenters. The van der Waals surface area contributed by atoms with Crippen LogP contribution in [0, 0.1) is 27.4 Å². The number of anilines is 1. The Labute approximate surface area is 295 Å². The Hall–Kier alpha value is -3.35. The predicted molar refractivity (Wildman–Crippen MR) is 179 cm³/mol. The monoisotopic (exact) mass is 794 g/mol. The largest absolute Gasteiger partial charge is 0.495 e. The summed E-state index contributed by atoms with van der Waals surface area (Å²) in [4.78, 5) is 56.7. The molecule has 3 aromatic rings. The lowest BCUT2D eigenvalue weighted by molar-refractivity contribution is -0.386. The molecular weight excluding hydrogens is 757 g/mol. The van der Waals surface area contributed by atoms with E-state index in [0.717, 1.165) is 0 Å². The summed E-state index contributed by atoms with van der Waals surface area (Å²) in [5, 5.41) is 23.3. The second-order valence-electron chi connectivity index (χ2n) is 12.3. The number of nitrogen functional groups attached to an aromatic ring is 1. The molecule has 0 spiro atoms. The van der Waals surface area contributed by atoms with Crippen molar-refractivity contribution in [1.82, 2.24) is 14.5 Å². The maximum Gasteiger partial charge on any atom is 0.490 e. The topological polar surface area (TPSA) is 334 Å². The summed E-state index contributed by atoms with van der Waals surface area (Å²) in [6.45, 7) is 4.44. The standard InChI is InChI=1S/C27H37N6O16P3/c1-27(2,3)24(17-9-20(44-4)15(6-5-7-28)8-18(17)33(35)36)45-12-16-11-32(26-23(16)25(29)30-14-31-26)22-10-19(34)21(47-22)13-46-51(40,41)49-52(42,43)48-50(37,38)39/h8-9,11,14,19,21-22,24,34H,7,10,12-13,28H2,1-4H3,(H,40,41)(H,42,43)(H2,29,30,31)(H2,37,38,39)/t19-,21+,22+,24+/m0/s1. The van der Waals surface area contributed by atoms with Crippen molar-refractivity contribution >= 4 is 46.0 Å². The second kappa shape index (κ2) is 15.9. The number of phosphoric acid groups is 3. The molecule has 1 aliphatic rings. The number of aliphatic hydroxyl groups excluding tert-OH is 1. The number of fused-ring (bicyclic) bond motifs is 1. The van der Waals surface area contributed by atoms with Crippen LogP contribution < -0.4 is 16.2 Å². The maximum absolute atomic E-state index is 12.3. The molecule has 0 saturated carbocycles. The van der Waals surface area contributed by atoms with Crippen LogP contribution in [0.2, 0.25) is 0 Å². The van der Waals surface area contributed by atoms with E-state index < -0.39 is 65.0 Å². The van der Waals surface area contributed by atoms with Crippen LogP contribution in [0.3, 0.4) is 0 Å². The highest BCUT2D eigenvalue weighted by molar-refractivity contribution is 7.66. The van der Waals surface area contributed by atoms with E-state index >= 15 is 0 Å². The van der Waals surface area contributed by atoms with Crippen molar-refractivity contribution in [2.24, 2.45) is 11.1 Å². The van der Waals surface area contributed by atoms with E-state index in [0.29, 0.717) is 10.9 Å². The zero-order valence-corrected chi connectivity index (χ0v) is 30.6. The van der Waals surface area contributed by atoms with Crippen LogP contribution in [-0.4, -0.2) is 76.6 Å². The molecule has 52 heavy (non-hydrogen) atoms. The Bertz CT molecular complexity index is 2020. The smallest absolute Gasteiger partial charge is 0.490 e. The minimum Gasteiger partial charge on any atom is -0.495 e. The zero-order chi connectivity index (χ0) is 38.8. The van der Waals surface area contributed by atoms with Gasteiger partial charge in [0.2, 0.25) is 0 Å². The number of nitrogens with two attached hydrogens (primary N) is 2. The average Bonchev–Trinajstić information content (AvgIpc) is 3.57. The van der Waals surface area contributed by atoms with Gasteiger partial charge in [-0.2, -0.15) is 8.62 Å². The van der Waals surface area contributed by atoms with E-state index in [1.807, 2.05) is 20.8 Å². The third-order valence-corrected chi connectivity index (χ3v) is 11.2. The number of rotatable bonds is 14. The van der Waals surface area contributed by atoms with Gasteiger partial charge >= 0.3 is 23.5 Å². The molecule has 22 nitrogen and oxygen atoms in total. The molecule has 0 radical (unpaired) electrons. The van der Waals surface area contributed by atoms with Crippen LogP contribution in [-0.2, 0) is 42.9 Å². The molecule has 25 heteroatoms. The van der Waals surface area contributed by atoms with E-state index in [-0.39, 0.29) is 53.6 Å². The molecule has 0 amide bonds. The summed E-state index contributed by atoms with van der Waals surface area (Å²) in [6.07, 6.45) is -1.96. The molecule has 2 aromatic heterocycles. The van der Waals surface area contributed by atoms with Crippen LogP contribution in [0.4, 0.5) is 11.5 Å². The molecule has 286 valence electrons. The molecule has 1 aromatic carbocycles. The molecule has 3 heterocycles. The van der Waals surface area contributed by atoms with Crippen molar-refractivity contribution in [1.29, 1.82) is 0 Å². The number of hydrogen-bond acceptors (Lipinski definition) is 16. The number of nitro groups is 1. The SMILES string of the molecule is COc1cc([C@@H](OCc2cn([C@H]3C[C@H](O)[C@@H](COP(=O)(O)OP(=O)(O)OP(=O)(O)O)O3)c3ncnc(N)c23)C(C)(C)C)c([N+](=O)[O-])cc1C#CCN. The highest BCUT2D eigenvalue weighted by Crippen LogP contribution is 2.66. The molecule has 4 rings (SSSR count). The van der Waals surface area contributed by atoms with Gasteiger partial charge in [0.15, 0.2) is 0 Å². The first-order valence-corrected chi connectivity index (χ1v) is 19.5. The Morgan fingerprint density at radius 3 is 2.44 bits per heavy atom. The highest BCUT2D eigenvalue weighted by atomic mass is 31.3. The lowest BCUT2D eigenvalue weighted by Gasteiger charge is -2.31. The highest BCUT2D eigenvalue weighted by Gasteiger charge is 2.43. The summed E-state index contributed by atoms with van der Waals surface area (Å²) in [7, 11) is -15.4. The van der Waals surface area contributed by atoms with E-state index in [1.54, 1.807) is 6.20 Å². The number of benzene rings is 1. The van der Waals surface area contributed by atoms with E-state index in [1.165, 1.54) is 30.1 Å². The molecule has 0 bridgehead atoms. The number of nitrogens with zero attached hydrogens (tertiary/aromatic N) is 4. The summed E-state index contributed by atoms with van der Waals surface area (Å²) in [5.74, 6) is 5.76. The Balaban J connectivity index is 1.61. The lowest BCUT2D eigenvalue weighted by atomic mass is 9.83. The zero-order valence-electron chi connectivity index (χ0n) is 28.0. The van der Waals surface area contributed by atoms with Crippen molar-refractivity contribution in [3.05, 3.63) is 51.5 Å². The molecule has 0 aliphatic carbocycles. The normalized spacial score (nSPS) is 20.8. The Kier molecular flexibility index (Phi) is 12.7. The van der Waals surface area contributed by atoms with Crippen LogP contribution in [0.15, 0.2) is 24.7 Å². The molecule has 1 fully saturated rings. The van der Waals surface area contributed by atoms with Gasteiger partial charge in [-0.25, -0.2) is 23.7 Å². The maximum atomic E-state index is 12.3. The van der Waals surface area contributed by atoms with Crippen molar-refractivity contribution < 1.29 is 70.7 Å². The van der Waals surface area contributed by atoms with Crippen molar-refractivity contribution in [3.8, 4) is 17.6 Å². The fourth-order valence-electron chi connectivity index (χ4n) is 5.37. The van der Waals surface area contributed by atoms with Gasteiger partial charge in [0.25, 0.3) is 5.69 Å².